The highest BCUT2D eigenvalue weighted by Gasteiger charge is 2.15. The van der Waals surface area contributed by atoms with Crippen LogP contribution in [-0.4, -0.2) is 11.8 Å². The minimum Gasteiger partial charge on any atom is -0.507 e. The molecule has 0 bridgehead atoms. The number of aryl methyl sites for hydroxylation is 1. The van der Waals surface area contributed by atoms with E-state index in [0.29, 0.717) is 15.6 Å². The number of rotatable bonds is 2. The second-order valence-electron chi connectivity index (χ2n) is 2.89. The molecule has 2 nitrogen and oxygen atoms in total. The molecule has 0 aliphatic heterocycles. The van der Waals surface area contributed by atoms with Crippen LogP contribution in [0.1, 0.15) is 17.2 Å². The third-order valence-electron chi connectivity index (χ3n) is 1.90. The van der Waals surface area contributed by atoms with Crippen molar-refractivity contribution < 1.29 is 9.50 Å². The first-order chi connectivity index (χ1) is 6.07. The average Bonchev–Trinajstić information content (AvgIpc) is 2.12. The fraction of sp³-hybridized carbons (Fsp3) is 0.333. The minimum atomic E-state index is -0.769. The van der Waals surface area contributed by atoms with Gasteiger partial charge in [-0.25, -0.2) is 4.39 Å². The number of benzene rings is 1. The fourth-order valence-electron chi connectivity index (χ4n) is 1.12. The van der Waals surface area contributed by atoms with Crippen molar-refractivity contribution in [1.29, 1.82) is 0 Å². The molecule has 0 aliphatic carbocycles. The molecule has 0 fully saturated rings. The summed E-state index contributed by atoms with van der Waals surface area (Å²) in [6.45, 7) is 1.06. The predicted molar refractivity (Wildman–Crippen MR) is 53.4 cm³/mol. The van der Waals surface area contributed by atoms with Crippen LogP contribution in [0.5, 0.6) is 5.75 Å². The van der Waals surface area contributed by atoms with Crippen molar-refractivity contribution in [2.75, 3.05) is 6.67 Å². The lowest BCUT2D eigenvalue weighted by atomic mass is 10.0. The van der Waals surface area contributed by atoms with Crippen LogP contribution < -0.4 is 5.73 Å². The highest BCUT2D eigenvalue weighted by Crippen LogP contribution is 2.33. The molecule has 0 spiro atoms. The smallest absolute Gasteiger partial charge is 0.124 e. The van der Waals surface area contributed by atoms with Crippen molar-refractivity contribution in [3.8, 4) is 5.75 Å². The molecule has 0 aliphatic rings. The quantitative estimate of drug-likeness (QED) is 0.844. The Morgan fingerprint density at radius 2 is 2.23 bits per heavy atom. The van der Waals surface area contributed by atoms with Crippen LogP contribution in [0.25, 0.3) is 0 Å². The standard InChI is InChI=1S/C9H11BrFNO/c1-5-2-3-6(10)8(9(5)13)7(12)4-11/h2-3,7,13H,4,12H2,1H3/t7-/m1/s1. The molecular formula is C9H11BrFNO. The molecule has 0 saturated carbocycles. The zero-order valence-corrected chi connectivity index (χ0v) is 8.81. The number of phenolic OH excluding ortho intramolecular Hbond substituents is 1. The van der Waals surface area contributed by atoms with Gasteiger partial charge in [0.25, 0.3) is 0 Å². The number of hydrogen-bond acceptors (Lipinski definition) is 2. The first-order valence-electron chi connectivity index (χ1n) is 3.87. The van der Waals surface area contributed by atoms with Gasteiger partial charge in [-0.1, -0.05) is 22.0 Å². The number of alkyl halides is 1. The van der Waals surface area contributed by atoms with Crippen LogP contribution in [0.15, 0.2) is 16.6 Å². The summed E-state index contributed by atoms with van der Waals surface area (Å²) in [5.41, 5.74) is 6.63. The van der Waals surface area contributed by atoms with Gasteiger partial charge >= 0.3 is 0 Å². The zero-order valence-electron chi connectivity index (χ0n) is 7.22. The van der Waals surface area contributed by atoms with Gasteiger partial charge in [-0.3, -0.25) is 0 Å². The van der Waals surface area contributed by atoms with E-state index in [9.17, 15) is 9.50 Å². The Bertz CT molecular complexity index is 317. The topological polar surface area (TPSA) is 46.2 Å². The number of halogens is 2. The van der Waals surface area contributed by atoms with Crippen LogP contribution in [0, 0.1) is 6.92 Å². The Labute approximate surface area is 84.7 Å². The normalized spacial score (nSPS) is 12.9. The number of hydrogen-bond donors (Lipinski definition) is 2. The molecule has 72 valence electrons. The summed E-state index contributed by atoms with van der Waals surface area (Å²) < 4.78 is 12.9. The number of aromatic hydroxyl groups is 1. The van der Waals surface area contributed by atoms with Gasteiger partial charge in [-0.15, -0.1) is 0 Å². The summed E-state index contributed by atoms with van der Waals surface area (Å²) >= 11 is 3.22. The molecule has 1 aromatic carbocycles. The molecular weight excluding hydrogens is 237 g/mol. The molecule has 0 radical (unpaired) electrons. The first-order valence-corrected chi connectivity index (χ1v) is 4.66. The van der Waals surface area contributed by atoms with E-state index in [4.69, 9.17) is 5.73 Å². The monoisotopic (exact) mass is 247 g/mol. The highest BCUT2D eigenvalue weighted by atomic mass is 79.9. The Morgan fingerprint density at radius 3 is 2.77 bits per heavy atom. The van der Waals surface area contributed by atoms with E-state index in [1.165, 1.54) is 0 Å². The third-order valence-corrected chi connectivity index (χ3v) is 2.59. The fourth-order valence-corrected chi connectivity index (χ4v) is 1.74. The Hall–Kier alpha value is -0.610. The molecule has 4 heteroatoms. The van der Waals surface area contributed by atoms with Gasteiger partial charge in [0.1, 0.15) is 12.4 Å². The van der Waals surface area contributed by atoms with E-state index < -0.39 is 12.7 Å². The van der Waals surface area contributed by atoms with Gasteiger partial charge < -0.3 is 10.8 Å². The van der Waals surface area contributed by atoms with E-state index in [1.54, 1.807) is 19.1 Å². The molecule has 1 aromatic rings. The Kier molecular flexibility index (Phi) is 3.27. The minimum absolute atomic E-state index is 0.0690. The second-order valence-corrected chi connectivity index (χ2v) is 3.74. The van der Waals surface area contributed by atoms with E-state index >= 15 is 0 Å². The largest absolute Gasteiger partial charge is 0.507 e. The maximum absolute atomic E-state index is 12.3. The highest BCUT2D eigenvalue weighted by molar-refractivity contribution is 9.10. The summed E-state index contributed by atoms with van der Waals surface area (Å²) in [7, 11) is 0. The predicted octanol–water partition coefficient (Wildman–Crippen LogP) is 2.43. The van der Waals surface area contributed by atoms with Gasteiger partial charge in [0.05, 0.1) is 6.04 Å². The average molecular weight is 248 g/mol. The van der Waals surface area contributed by atoms with E-state index in [0.717, 1.165) is 0 Å². The summed E-state index contributed by atoms with van der Waals surface area (Å²) in [6.07, 6.45) is 0. The van der Waals surface area contributed by atoms with Crippen molar-refractivity contribution in [3.05, 3.63) is 27.7 Å². The van der Waals surface area contributed by atoms with Gasteiger partial charge in [0, 0.05) is 10.0 Å². The van der Waals surface area contributed by atoms with Crippen LogP contribution in [-0.2, 0) is 0 Å². The lowest BCUT2D eigenvalue weighted by Crippen LogP contribution is -2.13. The lowest BCUT2D eigenvalue weighted by Gasteiger charge is -2.13. The maximum Gasteiger partial charge on any atom is 0.124 e. The third kappa shape index (κ3) is 2.00. The van der Waals surface area contributed by atoms with Crippen molar-refractivity contribution in [2.24, 2.45) is 5.73 Å². The van der Waals surface area contributed by atoms with E-state index in [1.807, 2.05) is 0 Å². The molecule has 0 heterocycles. The van der Waals surface area contributed by atoms with Crippen molar-refractivity contribution in [2.45, 2.75) is 13.0 Å². The van der Waals surface area contributed by atoms with Gasteiger partial charge in [-0.05, 0) is 18.6 Å². The van der Waals surface area contributed by atoms with Gasteiger partial charge in [0.15, 0.2) is 0 Å². The molecule has 0 saturated heterocycles. The molecule has 13 heavy (non-hydrogen) atoms. The Morgan fingerprint density at radius 1 is 1.62 bits per heavy atom. The van der Waals surface area contributed by atoms with Crippen molar-refractivity contribution in [1.82, 2.24) is 0 Å². The lowest BCUT2D eigenvalue weighted by molar-refractivity contribution is 0.412. The molecule has 0 unspecified atom stereocenters. The molecule has 1 rings (SSSR count). The maximum atomic E-state index is 12.3. The van der Waals surface area contributed by atoms with Crippen molar-refractivity contribution >= 4 is 15.9 Å². The van der Waals surface area contributed by atoms with Crippen LogP contribution in [0.2, 0.25) is 0 Å². The second kappa shape index (κ2) is 4.07. The van der Waals surface area contributed by atoms with Gasteiger partial charge in [-0.2, -0.15) is 0 Å². The van der Waals surface area contributed by atoms with E-state index in [-0.39, 0.29) is 5.75 Å². The van der Waals surface area contributed by atoms with Crippen molar-refractivity contribution in [3.63, 3.8) is 0 Å². The molecule has 0 amide bonds. The Balaban J connectivity index is 3.25. The summed E-state index contributed by atoms with van der Waals surface area (Å²) in [5, 5.41) is 9.60. The molecule has 1 atom stereocenters. The SMILES string of the molecule is Cc1ccc(Br)c([C@H](N)CF)c1O. The van der Waals surface area contributed by atoms with Gasteiger partial charge in [0.2, 0.25) is 0 Å². The number of phenols is 1. The van der Waals surface area contributed by atoms with E-state index in [2.05, 4.69) is 15.9 Å². The van der Waals surface area contributed by atoms with Crippen LogP contribution >= 0.6 is 15.9 Å². The zero-order chi connectivity index (χ0) is 10.0. The number of nitrogens with two attached hydrogens (primary N) is 1. The first kappa shape index (κ1) is 10.5. The summed E-state index contributed by atoms with van der Waals surface area (Å²) in [6, 6.07) is 2.72. The molecule has 3 N–H and O–H groups in total. The van der Waals surface area contributed by atoms with Crippen LogP contribution in [0.3, 0.4) is 0 Å². The summed E-state index contributed by atoms with van der Waals surface area (Å²) in [5.74, 6) is 0.0690. The van der Waals surface area contributed by atoms with Crippen LogP contribution in [0.4, 0.5) is 4.39 Å². The molecule has 0 aromatic heterocycles. The summed E-state index contributed by atoms with van der Waals surface area (Å²) in [4.78, 5) is 0.